The average Bonchev–Trinajstić information content (AvgIpc) is 3.18. The Labute approximate surface area is 199 Å². The fourth-order valence-corrected chi connectivity index (χ4v) is 4.99. The van der Waals surface area contributed by atoms with Crippen molar-refractivity contribution in [2.45, 2.75) is 38.5 Å². The molecule has 2 aliphatic carbocycles. The highest BCUT2D eigenvalue weighted by Gasteiger charge is 2.30. The molecule has 1 saturated carbocycles. The van der Waals surface area contributed by atoms with Gasteiger partial charge in [0, 0.05) is 24.9 Å². The molecule has 34 heavy (non-hydrogen) atoms. The van der Waals surface area contributed by atoms with Crippen molar-refractivity contribution in [3.63, 3.8) is 0 Å². The molecule has 2 amide bonds. The number of benzene rings is 2. The van der Waals surface area contributed by atoms with Gasteiger partial charge >= 0.3 is 12.1 Å². The SMILES string of the molecule is CC(CNC(=O)C1CCC(CNC(=O)OCC2c3ccccc3-c3ccccc32)CC1)C(=O)O. The van der Waals surface area contributed by atoms with Crippen molar-refractivity contribution < 1.29 is 24.2 Å². The molecule has 7 nitrogen and oxygen atoms in total. The Morgan fingerprint density at radius 2 is 1.53 bits per heavy atom. The van der Waals surface area contributed by atoms with Gasteiger partial charge in [0.25, 0.3) is 0 Å². The second kappa shape index (κ2) is 10.7. The maximum Gasteiger partial charge on any atom is 0.407 e. The van der Waals surface area contributed by atoms with Crippen LogP contribution in [0.5, 0.6) is 0 Å². The van der Waals surface area contributed by atoms with Crippen LogP contribution in [0.1, 0.15) is 49.7 Å². The third-order valence-corrected chi connectivity index (χ3v) is 7.10. The Bertz CT molecular complexity index is 999. The number of carbonyl (C=O) groups is 3. The molecule has 0 heterocycles. The summed E-state index contributed by atoms with van der Waals surface area (Å²) in [6.45, 7) is 2.55. The number of hydrogen-bond acceptors (Lipinski definition) is 4. The zero-order valence-electron chi connectivity index (χ0n) is 19.5. The summed E-state index contributed by atoms with van der Waals surface area (Å²) >= 11 is 0. The Kier molecular flexibility index (Phi) is 7.50. The van der Waals surface area contributed by atoms with Gasteiger partial charge in [-0.05, 0) is 53.9 Å². The van der Waals surface area contributed by atoms with Crippen LogP contribution in [0.25, 0.3) is 11.1 Å². The van der Waals surface area contributed by atoms with Crippen LogP contribution in [0.15, 0.2) is 48.5 Å². The van der Waals surface area contributed by atoms with Crippen molar-refractivity contribution in [2.24, 2.45) is 17.8 Å². The van der Waals surface area contributed by atoms with E-state index in [1.807, 2.05) is 24.3 Å². The second-order valence-corrected chi connectivity index (χ2v) is 9.41. The van der Waals surface area contributed by atoms with Crippen molar-refractivity contribution in [2.75, 3.05) is 19.7 Å². The summed E-state index contributed by atoms with van der Waals surface area (Å²) < 4.78 is 5.60. The number of alkyl carbamates (subject to hydrolysis) is 1. The molecule has 0 aliphatic heterocycles. The van der Waals surface area contributed by atoms with Crippen LogP contribution in [0.2, 0.25) is 0 Å². The molecule has 7 heteroatoms. The third kappa shape index (κ3) is 5.41. The van der Waals surface area contributed by atoms with E-state index < -0.39 is 18.0 Å². The number of carboxylic acids is 1. The third-order valence-electron chi connectivity index (χ3n) is 7.10. The van der Waals surface area contributed by atoms with E-state index in [1.54, 1.807) is 6.92 Å². The maximum absolute atomic E-state index is 12.4. The largest absolute Gasteiger partial charge is 0.481 e. The fourth-order valence-electron chi connectivity index (χ4n) is 4.99. The number of ether oxygens (including phenoxy) is 1. The molecule has 1 unspecified atom stereocenters. The number of aliphatic carboxylic acids is 1. The van der Waals surface area contributed by atoms with E-state index in [0.717, 1.165) is 25.7 Å². The van der Waals surface area contributed by atoms with Crippen LogP contribution in [0.4, 0.5) is 4.79 Å². The van der Waals surface area contributed by atoms with E-state index in [2.05, 4.69) is 34.9 Å². The number of carbonyl (C=O) groups excluding carboxylic acids is 2. The minimum Gasteiger partial charge on any atom is -0.481 e. The molecule has 0 aromatic heterocycles. The zero-order chi connectivity index (χ0) is 24.1. The minimum absolute atomic E-state index is 0.0379. The number of fused-ring (bicyclic) bond motifs is 3. The molecule has 4 rings (SSSR count). The molecule has 0 spiro atoms. The molecule has 180 valence electrons. The summed E-state index contributed by atoms with van der Waals surface area (Å²) in [5.41, 5.74) is 4.77. The Morgan fingerprint density at radius 3 is 2.12 bits per heavy atom. The number of carboxylic acid groups (broad SMARTS) is 1. The summed E-state index contributed by atoms with van der Waals surface area (Å²) in [5, 5.41) is 14.6. The van der Waals surface area contributed by atoms with Crippen molar-refractivity contribution in [3.8, 4) is 11.1 Å². The van der Waals surface area contributed by atoms with Crippen molar-refractivity contribution in [1.82, 2.24) is 10.6 Å². The lowest BCUT2D eigenvalue weighted by molar-refractivity contribution is -0.141. The quantitative estimate of drug-likeness (QED) is 0.544. The number of hydrogen-bond donors (Lipinski definition) is 3. The predicted molar refractivity (Wildman–Crippen MR) is 128 cm³/mol. The van der Waals surface area contributed by atoms with Gasteiger partial charge in [-0.25, -0.2) is 4.79 Å². The van der Waals surface area contributed by atoms with E-state index in [4.69, 9.17) is 9.84 Å². The molecule has 1 fully saturated rings. The highest BCUT2D eigenvalue weighted by molar-refractivity contribution is 5.80. The van der Waals surface area contributed by atoms with Crippen molar-refractivity contribution >= 4 is 18.0 Å². The van der Waals surface area contributed by atoms with Crippen molar-refractivity contribution in [3.05, 3.63) is 59.7 Å². The first kappa shape index (κ1) is 23.8. The lowest BCUT2D eigenvalue weighted by Gasteiger charge is -2.28. The summed E-state index contributed by atoms with van der Waals surface area (Å²) in [4.78, 5) is 35.6. The lowest BCUT2D eigenvalue weighted by Crippen LogP contribution is -2.38. The molecule has 0 saturated heterocycles. The summed E-state index contributed by atoms with van der Waals surface area (Å²) in [6, 6.07) is 16.5. The standard InChI is InChI=1S/C27H32N2O5/c1-17(26(31)32)14-28-25(30)19-12-10-18(11-13-19)15-29-27(33)34-16-24-22-8-4-2-6-20(22)21-7-3-5-9-23(21)24/h2-9,17-19,24H,10-16H2,1H3,(H,28,30)(H,29,33)(H,31,32). The first-order valence-corrected chi connectivity index (χ1v) is 12.0. The number of rotatable bonds is 8. The molecule has 3 N–H and O–H groups in total. The fraction of sp³-hybridized carbons (Fsp3) is 0.444. The van der Waals surface area contributed by atoms with Crippen LogP contribution in [0.3, 0.4) is 0 Å². The van der Waals surface area contributed by atoms with E-state index >= 15 is 0 Å². The van der Waals surface area contributed by atoms with Gasteiger partial charge in [-0.3, -0.25) is 9.59 Å². The van der Waals surface area contributed by atoms with Gasteiger partial charge in [0.15, 0.2) is 0 Å². The smallest absolute Gasteiger partial charge is 0.407 e. The van der Waals surface area contributed by atoms with E-state index in [-0.39, 0.29) is 24.3 Å². The van der Waals surface area contributed by atoms with E-state index in [9.17, 15) is 14.4 Å². The topological polar surface area (TPSA) is 105 Å². The first-order chi connectivity index (χ1) is 16.4. The molecule has 0 radical (unpaired) electrons. The summed E-state index contributed by atoms with van der Waals surface area (Å²) in [5.74, 6) is -1.33. The highest BCUT2D eigenvalue weighted by Crippen LogP contribution is 2.44. The molecule has 2 aromatic rings. The maximum atomic E-state index is 12.4. The van der Waals surface area contributed by atoms with Gasteiger partial charge in [-0.1, -0.05) is 55.5 Å². The molecular formula is C27H32N2O5. The van der Waals surface area contributed by atoms with E-state index in [0.29, 0.717) is 19.1 Å². The molecule has 1 atom stereocenters. The van der Waals surface area contributed by atoms with Crippen LogP contribution >= 0.6 is 0 Å². The van der Waals surface area contributed by atoms with Gasteiger partial charge in [0.2, 0.25) is 5.91 Å². The van der Waals surface area contributed by atoms with Crippen LogP contribution in [0, 0.1) is 17.8 Å². The predicted octanol–water partition coefficient (Wildman–Crippen LogP) is 4.17. The molecular weight excluding hydrogens is 432 g/mol. The first-order valence-electron chi connectivity index (χ1n) is 12.0. The molecule has 2 aromatic carbocycles. The highest BCUT2D eigenvalue weighted by atomic mass is 16.5. The van der Waals surface area contributed by atoms with Crippen molar-refractivity contribution in [1.29, 1.82) is 0 Å². The number of nitrogens with one attached hydrogen (secondary N) is 2. The van der Waals surface area contributed by atoms with Gasteiger partial charge in [-0.2, -0.15) is 0 Å². The minimum atomic E-state index is -0.914. The zero-order valence-corrected chi connectivity index (χ0v) is 19.5. The van der Waals surface area contributed by atoms with Crippen LogP contribution in [-0.2, 0) is 14.3 Å². The average molecular weight is 465 g/mol. The van der Waals surface area contributed by atoms with Gasteiger partial charge in [0.1, 0.15) is 6.61 Å². The monoisotopic (exact) mass is 464 g/mol. The summed E-state index contributed by atoms with van der Waals surface area (Å²) in [7, 11) is 0. The molecule has 2 aliphatic rings. The van der Waals surface area contributed by atoms with Crippen LogP contribution in [-0.4, -0.2) is 42.8 Å². The second-order valence-electron chi connectivity index (χ2n) is 9.41. The van der Waals surface area contributed by atoms with Crippen LogP contribution < -0.4 is 10.6 Å². The van der Waals surface area contributed by atoms with Gasteiger partial charge < -0.3 is 20.5 Å². The van der Waals surface area contributed by atoms with Gasteiger partial charge in [0.05, 0.1) is 5.92 Å². The Hall–Kier alpha value is -3.35. The Balaban J connectivity index is 1.19. The Morgan fingerprint density at radius 1 is 0.941 bits per heavy atom. The number of amides is 2. The summed E-state index contributed by atoms with van der Waals surface area (Å²) in [6.07, 6.45) is 2.76. The van der Waals surface area contributed by atoms with E-state index in [1.165, 1.54) is 22.3 Å². The normalized spacial score (nSPS) is 20.0. The molecule has 0 bridgehead atoms. The van der Waals surface area contributed by atoms with Gasteiger partial charge in [-0.15, -0.1) is 0 Å². The lowest BCUT2D eigenvalue weighted by atomic mass is 9.81.